The average molecular weight is 367 g/mol. The molecule has 1 amide bonds. The van der Waals surface area contributed by atoms with Crippen LogP contribution in [0.5, 0.6) is 0 Å². The SMILES string of the molecule is CCN(CC)c1ccc(CN(C(=O)C(C)C)[C@@H]2CCS(=O)(=O)C2)cc1. The number of sulfone groups is 1. The average Bonchev–Trinajstić information content (AvgIpc) is 2.94. The summed E-state index contributed by atoms with van der Waals surface area (Å²) in [6.45, 7) is 10.4. The fourth-order valence-corrected chi connectivity index (χ4v) is 5.07. The van der Waals surface area contributed by atoms with Crippen LogP contribution in [-0.4, -0.2) is 49.9 Å². The number of amides is 1. The predicted molar refractivity (Wildman–Crippen MR) is 102 cm³/mol. The van der Waals surface area contributed by atoms with Crippen molar-refractivity contribution >= 4 is 21.4 Å². The highest BCUT2D eigenvalue weighted by Crippen LogP contribution is 2.23. The van der Waals surface area contributed by atoms with E-state index in [1.54, 1.807) is 4.90 Å². The van der Waals surface area contributed by atoms with Gasteiger partial charge < -0.3 is 9.80 Å². The summed E-state index contributed by atoms with van der Waals surface area (Å²) in [5, 5.41) is 0. The Morgan fingerprint density at radius 3 is 2.20 bits per heavy atom. The van der Waals surface area contributed by atoms with Crippen LogP contribution >= 0.6 is 0 Å². The number of rotatable bonds is 7. The van der Waals surface area contributed by atoms with Crippen molar-refractivity contribution in [3.8, 4) is 0 Å². The maximum atomic E-state index is 12.6. The largest absolute Gasteiger partial charge is 0.372 e. The molecule has 1 saturated heterocycles. The zero-order valence-corrected chi connectivity index (χ0v) is 16.6. The van der Waals surface area contributed by atoms with Crippen LogP contribution in [0.25, 0.3) is 0 Å². The van der Waals surface area contributed by atoms with E-state index >= 15 is 0 Å². The number of hydrogen-bond donors (Lipinski definition) is 0. The molecule has 25 heavy (non-hydrogen) atoms. The van der Waals surface area contributed by atoms with Gasteiger partial charge in [-0.3, -0.25) is 4.79 Å². The normalized spacial score (nSPS) is 19.2. The van der Waals surface area contributed by atoms with Gasteiger partial charge in [-0.05, 0) is 38.0 Å². The van der Waals surface area contributed by atoms with Crippen LogP contribution in [0.1, 0.15) is 39.7 Å². The molecular formula is C19H30N2O3S. The van der Waals surface area contributed by atoms with Gasteiger partial charge in [0.1, 0.15) is 0 Å². The van der Waals surface area contributed by atoms with Gasteiger partial charge in [-0.2, -0.15) is 0 Å². The Labute approximate surface area is 151 Å². The zero-order chi connectivity index (χ0) is 18.6. The zero-order valence-electron chi connectivity index (χ0n) is 15.7. The highest BCUT2D eigenvalue weighted by molar-refractivity contribution is 7.91. The van der Waals surface area contributed by atoms with Crippen LogP contribution in [-0.2, 0) is 21.2 Å². The molecule has 1 aliphatic heterocycles. The van der Waals surface area contributed by atoms with E-state index in [2.05, 4.69) is 30.9 Å². The Morgan fingerprint density at radius 1 is 1.16 bits per heavy atom. The van der Waals surface area contributed by atoms with E-state index < -0.39 is 9.84 Å². The molecule has 0 aliphatic carbocycles. The maximum absolute atomic E-state index is 12.6. The molecule has 1 heterocycles. The first kappa shape index (κ1) is 19.8. The summed E-state index contributed by atoms with van der Waals surface area (Å²) in [4.78, 5) is 16.7. The predicted octanol–water partition coefficient (Wildman–Crippen LogP) is 2.70. The van der Waals surface area contributed by atoms with E-state index in [0.29, 0.717) is 13.0 Å². The first-order chi connectivity index (χ1) is 11.8. The summed E-state index contributed by atoms with van der Waals surface area (Å²) in [6, 6.07) is 8.02. The molecule has 1 atom stereocenters. The summed E-state index contributed by atoms with van der Waals surface area (Å²) < 4.78 is 23.7. The molecule has 0 bridgehead atoms. The summed E-state index contributed by atoms with van der Waals surface area (Å²) in [6.07, 6.45) is 0.540. The quantitative estimate of drug-likeness (QED) is 0.744. The van der Waals surface area contributed by atoms with Gasteiger partial charge in [0.2, 0.25) is 5.91 Å². The highest BCUT2D eigenvalue weighted by Gasteiger charge is 2.35. The molecule has 0 spiro atoms. The molecule has 140 valence electrons. The molecule has 6 heteroatoms. The van der Waals surface area contributed by atoms with Crippen molar-refractivity contribution in [1.82, 2.24) is 4.90 Å². The topological polar surface area (TPSA) is 57.7 Å². The van der Waals surface area contributed by atoms with Crippen LogP contribution in [0, 0.1) is 5.92 Å². The Morgan fingerprint density at radius 2 is 1.76 bits per heavy atom. The van der Waals surface area contributed by atoms with Gasteiger partial charge >= 0.3 is 0 Å². The van der Waals surface area contributed by atoms with Crippen molar-refractivity contribution in [3.63, 3.8) is 0 Å². The molecule has 1 fully saturated rings. The van der Waals surface area contributed by atoms with Gasteiger partial charge in [-0.15, -0.1) is 0 Å². The van der Waals surface area contributed by atoms with Gasteiger partial charge in [-0.25, -0.2) is 8.42 Å². The summed E-state index contributed by atoms with van der Waals surface area (Å²) in [7, 11) is -3.02. The molecule has 5 nitrogen and oxygen atoms in total. The molecule has 1 aliphatic rings. The number of carbonyl (C=O) groups is 1. The monoisotopic (exact) mass is 366 g/mol. The second kappa shape index (κ2) is 8.21. The molecule has 0 N–H and O–H groups in total. The molecular weight excluding hydrogens is 336 g/mol. The van der Waals surface area contributed by atoms with E-state index in [4.69, 9.17) is 0 Å². The minimum Gasteiger partial charge on any atom is -0.372 e. The highest BCUT2D eigenvalue weighted by atomic mass is 32.2. The molecule has 1 aromatic rings. The summed E-state index contributed by atoms with van der Waals surface area (Å²) in [5.74, 6) is 0.150. The fourth-order valence-electron chi connectivity index (χ4n) is 3.34. The second-order valence-electron chi connectivity index (χ2n) is 7.02. The van der Waals surface area contributed by atoms with Crippen LogP contribution < -0.4 is 4.90 Å². The number of anilines is 1. The van der Waals surface area contributed by atoms with Crippen molar-refractivity contribution in [1.29, 1.82) is 0 Å². The van der Waals surface area contributed by atoms with Gasteiger partial charge in [0.15, 0.2) is 9.84 Å². The van der Waals surface area contributed by atoms with E-state index in [1.165, 1.54) is 5.69 Å². The number of hydrogen-bond acceptors (Lipinski definition) is 4. The molecule has 0 unspecified atom stereocenters. The van der Waals surface area contributed by atoms with Crippen molar-refractivity contribution in [2.24, 2.45) is 5.92 Å². The minimum atomic E-state index is -3.02. The van der Waals surface area contributed by atoms with E-state index in [9.17, 15) is 13.2 Å². The Balaban J connectivity index is 2.18. The maximum Gasteiger partial charge on any atom is 0.225 e. The third kappa shape index (κ3) is 4.97. The minimum absolute atomic E-state index is 0.0231. The Hall–Kier alpha value is -1.56. The van der Waals surface area contributed by atoms with E-state index in [1.807, 2.05) is 26.0 Å². The lowest BCUT2D eigenvalue weighted by molar-refractivity contribution is -0.137. The third-order valence-corrected chi connectivity index (χ3v) is 6.59. The fraction of sp³-hybridized carbons (Fsp3) is 0.632. The number of nitrogens with zero attached hydrogens (tertiary/aromatic N) is 2. The lowest BCUT2D eigenvalue weighted by atomic mass is 10.1. The standard InChI is InChI=1S/C19H30N2O3S/c1-5-20(6-2)17-9-7-16(8-10-17)13-21(19(22)15(3)4)18-11-12-25(23,24)14-18/h7-10,15,18H,5-6,11-14H2,1-4H3/t18-/m1/s1. The van der Waals surface area contributed by atoms with Crippen molar-refractivity contribution in [2.45, 2.75) is 46.7 Å². The van der Waals surface area contributed by atoms with Crippen molar-refractivity contribution in [3.05, 3.63) is 29.8 Å². The lowest BCUT2D eigenvalue weighted by Gasteiger charge is -2.30. The molecule has 0 aromatic heterocycles. The van der Waals surface area contributed by atoms with E-state index in [0.717, 1.165) is 18.7 Å². The van der Waals surface area contributed by atoms with Crippen molar-refractivity contribution in [2.75, 3.05) is 29.5 Å². The second-order valence-corrected chi connectivity index (χ2v) is 9.25. The van der Waals surface area contributed by atoms with Gasteiger partial charge in [0.05, 0.1) is 11.5 Å². The summed E-state index contributed by atoms with van der Waals surface area (Å²) >= 11 is 0. The number of benzene rings is 1. The van der Waals surface area contributed by atoms with Crippen LogP contribution in [0.4, 0.5) is 5.69 Å². The first-order valence-corrected chi connectivity index (χ1v) is 10.9. The molecule has 0 radical (unpaired) electrons. The van der Waals surface area contributed by atoms with Gasteiger partial charge in [0.25, 0.3) is 0 Å². The lowest BCUT2D eigenvalue weighted by Crippen LogP contribution is -2.42. The number of carbonyl (C=O) groups excluding carboxylic acids is 1. The Kier molecular flexibility index (Phi) is 6.49. The summed E-state index contributed by atoms with van der Waals surface area (Å²) in [5.41, 5.74) is 2.20. The van der Waals surface area contributed by atoms with Crippen molar-refractivity contribution < 1.29 is 13.2 Å². The smallest absolute Gasteiger partial charge is 0.225 e. The molecule has 0 saturated carbocycles. The third-order valence-electron chi connectivity index (χ3n) is 4.84. The Bertz CT molecular complexity index is 679. The first-order valence-electron chi connectivity index (χ1n) is 9.12. The van der Waals surface area contributed by atoms with Crippen LogP contribution in [0.2, 0.25) is 0 Å². The van der Waals surface area contributed by atoms with Crippen LogP contribution in [0.3, 0.4) is 0 Å². The van der Waals surface area contributed by atoms with Crippen LogP contribution in [0.15, 0.2) is 24.3 Å². The molecule has 2 rings (SSSR count). The van der Waals surface area contributed by atoms with Gasteiger partial charge in [-0.1, -0.05) is 26.0 Å². The van der Waals surface area contributed by atoms with Gasteiger partial charge in [0, 0.05) is 37.3 Å². The molecule has 1 aromatic carbocycles. The van der Waals surface area contributed by atoms with E-state index in [-0.39, 0.29) is 29.4 Å².